The van der Waals surface area contributed by atoms with Gasteiger partial charge in [0.1, 0.15) is 5.69 Å². The quantitative estimate of drug-likeness (QED) is 0.833. The molecule has 2 aromatic heterocycles. The van der Waals surface area contributed by atoms with Crippen molar-refractivity contribution in [3.63, 3.8) is 0 Å². The topological polar surface area (TPSA) is 60.3 Å². The third-order valence-electron chi connectivity index (χ3n) is 3.05. The molecule has 0 saturated carbocycles. The first-order chi connectivity index (χ1) is 10.1. The molecule has 21 heavy (non-hydrogen) atoms. The zero-order valence-electron chi connectivity index (χ0n) is 12.0. The Morgan fingerprint density at radius 1 is 1.38 bits per heavy atom. The van der Waals surface area contributed by atoms with Crippen molar-refractivity contribution in [2.75, 3.05) is 7.11 Å². The lowest BCUT2D eigenvalue weighted by atomic mass is 10.2. The van der Waals surface area contributed by atoms with Gasteiger partial charge < -0.3 is 14.6 Å². The van der Waals surface area contributed by atoms with Crippen molar-refractivity contribution in [3.8, 4) is 0 Å². The van der Waals surface area contributed by atoms with Crippen LogP contribution in [0.5, 0.6) is 0 Å². The fourth-order valence-corrected chi connectivity index (χ4v) is 2.71. The van der Waals surface area contributed by atoms with Crippen LogP contribution in [0, 0.1) is 0 Å². The van der Waals surface area contributed by atoms with Crippen LogP contribution in [-0.2, 0) is 16.1 Å². The molecule has 0 aliphatic rings. The number of methoxy groups -OCH3 is 1. The molecule has 1 atom stereocenters. The first-order valence-electron chi connectivity index (χ1n) is 6.65. The van der Waals surface area contributed by atoms with Crippen LogP contribution in [0.4, 0.5) is 0 Å². The Morgan fingerprint density at radius 2 is 2.19 bits per heavy atom. The van der Waals surface area contributed by atoms with Crippen LogP contribution in [0.3, 0.4) is 0 Å². The Bertz CT molecular complexity index is 604. The maximum atomic E-state index is 12.3. The van der Waals surface area contributed by atoms with Crippen molar-refractivity contribution >= 4 is 23.2 Å². The molecule has 0 aromatic carbocycles. The summed E-state index contributed by atoms with van der Waals surface area (Å²) in [7, 11) is 1.34. The smallest absolute Gasteiger partial charge is 0.307 e. The van der Waals surface area contributed by atoms with Crippen LogP contribution in [0.25, 0.3) is 0 Å². The molecular weight excluding hydrogens is 288 g/mol. The van der Waals surface area contributed by atoms with Crippen molar-refractivity contribution in [3.05, 3.63) is 46.4 Å². The Morgan fingerprint density at radius 3 is 2.86 bits per heavy atom. The minimum absolute atomic E-state index is 0.161. The zero-order valence-corrected chi connectivity index (χ0v) is 12.9. The van der Waals surface area contributed by atoms with E-state index in [1.54, 1.807) is 24.3 Å². The summed E-state index contributed by atoms with van der Waals surface area (Å²) in [6.07, 6.45) is 2.04. The summed E-state index contributed by atoms with van der Waals surface area (Å²) in [5, 5.41) is 4.82. The van der Waals surface area contributed by atoms with Gasteiger partial charge in [0.15, 0.2) is 0 Å². The van der Waals surface area contributed by atoms with E-state index in [4.69, 9.17) is 0 Å². The number of aromatic nitrogens is 1. The number of ether oxygens (including phenoxy) is 1. The molecule has 1 amide bonds. The van der Waals surface area contributed by atoms with E-state index in [0.29, 0.717) is 12.2 Å². The lowest BCUT2D eigenvalue weighted by molar-refractivity contribution is -0.141. The van der Waals surface area contributed by atoms with E-state index in [0.717, 1.165) is 0 Å². The minimum atomic E-state index is -0.336. The third kappa shape index (κ3) is 4.19. The molecule has 0 saturated heterocycles. The summed E-state index contributed by atoms with van der Waals surface area (Å²) >= 11 is 1.65. The summed E-state index contributed by atoms with van der Waals surface area (Å²) < 4.78 is 6.49. The fourth-order valence-electron chi connectivity index (χ4n) is 2.01. The number of hydrogen-bond acceptors (Lipinski definition) is 4. The predicted octanol–water partition coefficient (Wildman–Crippen LogP) is 2.28. The lowest BCUT2D eigenvalue weighted by Gasteiger charge is -2.14. The number of nitrogens with zero attached hydrogens (tertiary/aromatic N) is 1. The molecule has 0 spiro atoms. The Hall–Kier alpha value is -2.08. The number of thiophene rings is 1. The van der Waals surface area contributed by atoms with Crippen LogP contribution < -0.4 is 5.32 Å². The van der Waals surface area contributed by atoms with Gasteiger partial charge in [-0.25, -0.2) is 0 Å². The summed E-state index contributed by atoms with van der Waals surface area (Å²) in [6, 6.07) is 7.37. The summed E-state index contributed by atoms with van der Waals surface area (Å²) in [5.41, 5.74) is 0.583. The molecule has 2 aromatic rings. The monoisotopic (exact) mass is 306 g/mol. The lowest BCUT2D eigenvalue weighted by Crippen LogP contribution is -2.35. The molecule has 1 N–H and O–H groups in total. The normalized spacial score (nSPS) is 11.9. The molecule has 2 rings (SSSR count). The summed E-state index contributed by atoms with van der Waals surface area (Å²) in [4.78, 5) is 24.6. The highest BCUT2D eigenvalue weighted by Crippen LogP contribution is 2.13. The van der Waals surface area contributed by atoms with Crippen molar-refractivity contribution in [1.82, 2.24) is 9.88 Å². The first kappa shape index (κ1) is 15.3. The van der Waals surface area contributed by atoms with Gasteiger partial charge in [0.2, 0.25) is 0 Å². The van der Waals surface area contributed by atoms with E-state index < -0.39 is 0 Å². The number of amides is 1. The summed E-state index contributed by atoms with van der Waals surface area (Å²) in [6.45, 7) is 2.44. The average molecular weight is 306 g/mol. The van der Waals surface area contributed by atoms with E-state index in [1.807, 2.05) is 34.3 Å². The molecule has 0 aliphatic carbocycles. The molecular formula is C15H18N2O3S. The number of esters is 1. The standard InChI is InChI=1S/C15H18N2O3S/c1-11(9-14(18)20-2)16-15(19)13-6-3-7-17(13)10-12-5-4-8-21-12/h3-8,11H,9-10H2,1-2H3,(H,16,19). The second-order valence-electron chi connectivity index (χ2n) is 4.76. The molecule has 0 bridgehead atoms. The third-order valence-corrected chi connectivity index (χ3v) is 3.91. The minimum Gasteiger partial charge on any atom is -0.469 e. The van der Waals surface area contributed by atoms with Crippen LogP contribution in [-0.4, -0.2) is 29.6 Å². The van der Waals surface area contributed by atoms with E-state index in [2.05, 4.69) is 10.1 Å². The number of rotatable bonds is 6. The maximum Gasteiger partial charge on any atom is 0.307 e. The SMILES string of the molecule is COC(=O)CC(C)NC(=O)c1cccn1Cc1cccs1. The highest BCUT2D eigenvalue weighted by Gasteiger charge is 2.16. The number of carbonyl (C=O) groups is 2. The molecule has 5 nitrogen and oxygen atoms in total. The maximum absolute atomic E-state index is 12.3. The zero-order chi connectivity index (χ0) is 15.2. The van der Waals surface area contributed by atoms with Crippen molar-refractivity contribution in [2.24, 2.45) is 0 Å². The van der Waals surface area contributed by atoms with Crippen LogP contribution in [0.15, 0.2) is 35.8 Å². The number of nitrogens with one attached hydrogen (secondary N) is 1. The molecule has 0 fully saturated rings. The second-order valence-corrected chi connectivity index (χ2v) is 5.79. The summed E-state index contributed by atoms with van der Waals surface area (Å²) in [5.74, 6) is -0.523. The Balaban J connectivity index is 2.00. The average Bonchev–Trinajstić information content (AvgIpc) is 3.10. The first-order valence-corrected chi connectivity index (χ1v) is 7.53. The van der Waals surface area contributed by atoms with Gasteiger partial charge in [0, 0.05) is 17.1 Å². The molecule has 112 valence electrons. The van der Waals surface area contributed by atoms with Crippen LogP contribution in [0.2, 0.25) is 0 Å². The Kier molecular flexibility index (Phi) is 5.16. The molecule has 2 heterocycles. The highest BCUT2D eigenvalue weighted by atomic mass is 32.1. The van der Waals surface area contributed by atoms with Crippen molar-refractivity contribution in [1.29, 1.82) is 0 Å². The largest absolute Gasteiger partial charge is 0.469 e. The van der Waals surface area contributed by atoms with E-state index in [-0.39, 0.29) is 24.3 Å². The van der Waals surface area contributed by atoms with Gasteiger partial charge in [0.05, 0.1) is 20.1 Å². The van der Waals surface area contributed by atoms with Crippen LogP contribution in [0.1, 0.15) is 28.7 Å². The fraction of sp³-hybridized carbons (Fsp3) is 0.333. The molecule has 0 aliphatic heterocycles. The van der Waals surface area contributed by atoms with E-state index in [9.17, 15) is 9.59 Å². The van der Waals surface area contributed by atoms with Gasteiger partial charge in [-0.05, 0) is 30.5 Å². The van der Waals surface area contributed by atoms with Crippen molar-refractivity contribution < 1.29 is 14.3 Å². The van der Waals surface area contributed by atoms with E-state index >= 15 is 0 Å². The Labute approximate surface area is 127 Å². The molecule has 6 heteroatoms. The van der Waals surface area contributed by atoms with Crippen molar-refractivity contribution in [2.45, 2.75) is 25.9 Å². The second kappa shape index (κ2) is 7.08. The molecule has 0 radical (unpaired) electrons. The van der Waals surface area contributed by atoms with Gasteiger partial charge in [-0.3, -0.25) is 9.59 Å². The van der Waals surface area contributed by atoms with Gasteiger partial charge >= 0.3 is 5.97 Å². The van der Waals surface area contributed by atoms with Gasteiger partial charge in [-0.15, -0.1) is 11.3 Å². The number of hydrogen-bond donors (Lipinski definition) is 1. The van der Waals surface area contributed by atoms with Gasteiger partial charge in [-0.1, -0.05) is 6.07 Å². The highest BCUT2D eigenvalue weighted by molar-refractivity contribution is 7.09. The predicted molar refractivity (Wildman–Crippen MR) is 81.4 cm³/mol. The van der Waals surface area contributed by atoms with Gasteiger partial charge in [-0.2, -0.15) is 0 Å². The van der Waals surface area contributed by atoms with Crippen LogP contribution >= 0.6 is 11.3 Å². The van der Waals surface area contributed by atoms with Gasteiger partial charge in [0.25, 0.3) is 5.91 Å². The molecule has 1 unspecified atom stereocenters. The number of carbonyl (C=O) groups excluding carboxylic acids is 2. The van der Waals surface area contributed by atoms with E-state index in [1.165, 1.54) is 12.0 Å².